The van der Waals surface area contributed by atoms with Crippen molar-refractivity contribution in [2.45, 2.75) is 75.8 Å². The van der Waals surface area contributed by atoms with Crippen molar-refractivity contribution in [2.24, 2.45) is 4.99 Å². The first-order chi connectivity index (χ1) is 18.2. The summed E-state index contributed by atoms with van der Waals surface area (Å²) in [5, 5.41) is 3.46. The van der Waals surface area contributed by atoms with Gasteiger partial charge in [-0.25, -0.2) is 8.42 Å². The minimum atomic E-state index is -4.15. The lowest BCUT2D eigenvalue weighted by molar-refractivity contribution is -0.131. The van der Waals surface area contributed by atoms with Crippen molar-refractivity contribution in [3.8, 4) is 11.1 Å². The number of amidine groups is 1. The highest BCUT2D eigenvalue weighted by atomic mass is 32.2. The zero-order valence-electron chi connectivity index (χ0n) is 21.5. The summed E-state index contributed by atoms with van der Waals surface area (Å²) in [5.41, 5.74) is 1.48. The summed E-state index contributed by atoms with van der Waals surface area (Å²) in [6.45, 7) is 3.91. The third-order valence-electron chi connectivity index (χ3n) is 7.29. The standard InChI is InChI=1S/C28H31FN4O4S/c1-3-4-11-24-30-28(16-7-8-17-28)27(34)33(24)18-20-12-14-21(15-13-20)22-9-5-6-10-23(22)38(35,36)32-26-25(29)19(2)37-31-26/h5-6,9-10,12-15H,3-4,7-8,11,16-18H2,1-2H3,(H,31,32). The van der Waals surface area contributed by atoms with Gasteiger partial charge in [-0.1, -0.05) is 73.8 Å². The van der Waals surface area contributed by atoms with Gasteiger partial charge in [0, 0.05) is 12.0 Å². The van der Waals surface area contributed by atoms with E-state index in [2.05, 4.69) is 16.8 Å². The molecule has 1 aliphatic heterocycles. The smallest absolute Gasteiger partial charge is 0.263 e. The molecule has 1 aliphatic carbocycles. The summed E-state index contributed by atoms with van der Waals surface area (Å²) < 4.78 is 47.3. The molecule has 38 heavy (non-hydrogen) atoms. The molecule has 2 heterocycles. The number of rotatable bonds is 9. The van der Waals surface area contributed by atoms with E-state index in [0.717, 1.165) is 56.3 Å². The molecule has 1 fully saturated rings. The number of halogens is 1. The van der Waals surface area contributed by atoms with E-state index in [1.54, 1.807) is 18.2 Å². The van der Waals surface area contributed by atoms with Crippen LogP contribution in [-0.2, 0) is 21.4 Å². The van der Waals surface area contributed by atoms with Gasteiger partial charge < -0.3 is 4.52 Å². The van der Waals surface area contributed by atoms with E-state index in [-0.39, 0.29) is 16.6 Å². The Morgan fingerprint density at radius 3 is 2.47 bits per heavy atom. The number of sulfonamides is 1. The monoisotopic (exact) mass is 538 g/mol. The van der Waals surface area contributed by atoms with E-state index in [4.69, 9.17) is 9.52 Å². The van der Waals surface area contributed by atoms with Gasteiger partial charge in [0.15, 0.2) is 5.76 Å². The molecule has 200 valence electrons. The fraction of sp³-hybridized carbons (Fsp3) is 0.393. The number of hydrogen-bond acceptors (Lipinski definition) is 6. The predicted octanol–water partition coefficient (Wildman–Crippen LogP) is 5.83. The molecule has 2 aromatic carbocycles. The molecule has 8 nitrogen and oxygen atoms in total. The predicted molar refractivity (Wildman–Crippen MR) is 143 cm³/mol. The molecule has 0 atom stereocenters. The summed E-state index contributed by atoms with van der Waals surface area (Å²) in [6.07, 6.45) is 6.48. The molecule has 1 spiro atoms. The van der Waals surface area contributed by atoms with E-state index in [1.807, 2.05) is 29.2 Å². The number of hydrogen-bond donors (Lipinski definition) is 1. The summed E-state index contributed by atoms with van der Waals surface area (Å²) in [6, 6.07) is 14.0. The Bertz CT molecular complexity index is 1470. The van der Waals surface area contributed by atoms with E-state index in [0.29, 0.717) is 17.7 Å². The van der Waals surface area contributed by atoms with Crippen LogP contribution < -0.4 is 4.72 Å². The Morgan fingerprint density at radius 1 is 1.11 bits per heavy atom. The second-order valence-corrected chi connectivity index (χ2v) is 11.6. The average Bonchev–Trinajstić information content (AvgIpc) is 3.59. The second-order valence-electron chi connectivity index (χ2n) is 9.96. The molecule has 1 N–H and O–H groups in total. The first-order valence-corrected chi connectivity index (χ1v) is 14.5. The number of unbranched alkanes of at least 4 members (excludes halogenated alkanes) is 1. The number of nitrogens with one attached hydrogen (secondary N) is 1. The SMILES string of the molecule is CCCCC1=NC2(CCCC2)C(=O)N1Cc1ccc(-c2ccccc2S(=O)(=O)Nc2noc(C)c2F)cc1. The van der Waals surface area contributed by atoms with Crippen LogP contribution in [0.5, 0.6) is 0 Å². The van der Waals surface area contributed by atoms with Crippen molar-refractivity contribution in [3.63, 3.8) is 0 Å². The Hall–Kier alpha value is -3.53. The van der Waals surface area contributed by atoms with Crippen LogP contribution in [0.2, 0.25) is 0 Å². The van der Waals surface area contributed by atoms with Crippen LogP contribution in [0.4, 0.5) is 10.2 Å². The van der Waals surface area contributed by atoms with Crippen LogP contribution in [0, 0.1) is 12.7 Å². The highest BCUT2D eigenvalue weighted by molar-refractivity contribution is 7.92. The van der Waals surface area contributed by atoms with Gasteiger partial charge in [-0.15, -0.1) is 0 Å². The van der Waals surface area contributed by atoms with Crippen LogP contribution in [-0.4, -0.2) is 35.8 Å². The first kappa shape index (κ1) is 26.1. The van der Waals surface area contributed by atoms with Gasteiger partial charge in [0.2, 0.25) is 11.6 Å². The van der Waals surface area contributed by atoms with Crippen molar-refractivity contribution < 1.29 is 22.1 Å². The lowest BCUT2D eigenvalue weighted by atomic mass is 9.98. The van der Waals surface area contributed by atoms with Crippen molar-refractivity contribution >= 4 is 27.6 Å². The zero-order valence-corrected chi connectivity index (χ0v) is 22.4. The van der Waals surface area contributed by atoms with Crippen molar-refractivity contribution in [1.29, 1.82) is 0 Å². The van der Waals surface area contributed by atoms with Gasteiger partial charge in [-0.2, -0.15) is 4.39 Å². The van der Waals surface area contributed by atoms with Gasteiger partial charge in [-0.3, -0.25) is 19.4 Å². The largest absolute Gasteiger partial charge is 0.356 e. The Kier molecular flexibility index (Phi) is 7.09. The Labute approximate surface area is 222 Å². The van der Waals surface area contributed by atoms with Crippen LogP contribution in [0.15, 0.2) is 62.9 Å². The number of carbonyl (C=O) groups excluding carboxylic acids is 1. The van der Waals surface area contributed by atoms with E-state index in [9.17, 15) is 17.6 Å². The number of nitrogens with zero attached hydrogens (tertiary/aromatic N) is 3. The summed E-state index contributed by atoms with van der Waals surface area (Å²) in [4.78, 5) is 20.2. The van der Waals surface area contributed by atoms with E-state index in [1.165, 1.54) is 13.0 Å². The Morgan fingerprint density at radius 2 is 1.82 bits per heavy atom. The Balaban J connectivity index is 1.38. The van der Waals surface area contributed by atoms with E-state index >= 15 is 0 Å². The molecule has 0 unspecified atom stereocenters. The van der Waals surface area contributed by atoms with E-state index < -0.39 is 27.2 Å². The highest BCUT2D eigenvalue weighted by Crippen LogP contribution is 2.40. The number of aliphatic imine (C=N–C) groups is 1. The third-order valence-corrected chi connectivity index (χ3v) is 8.68. The maximum atomic E-state index is 14.1. The fourth-order valence-electron chi connectivity index (χ4n) is 5.22. The lowest BCUT2D eigenvalue weighted by Gasteiger charge is -2.23. The van der Waals surface area contributed by atoms with Crippen LogP contribution in [0.25, 0.3) is 11.1 Å². The number of amides is 1. The molecular weight excluding hydrogens is 507 g/mol. The molecule has 5 rings (SSSR count). The van der Waals surface area contributed by atoms with Gasteiger partial charge in [-0.05, 0) is 43.4 Å². The van der Waals surface area contributed by atoms with Gasteiger partial charge in [0.25, 0.3) is 15.9 Å². The molecule has 0 bridgehead atoms. The van der Waals surface area contributed by atoms with Crippen LogP contribution >= 0.6 is 0 Å². The molecule has 2 aliphatic rings. The van der Waals surface area contributed by atoms with Crippen molar-refractivity contribution in [2.75, 3.05) is 4.72 Å². The maximum absolute atomic E-state index is 14.1. The topological polar surface area (TPSA) is 105 Å². The summed E-state index contributed by atoms with van der Waals surface area (Å²) in [5.74, 6) is -0.468. The molecular formula is C28H31FN4O4S. The maximum Gasteiger partial charge on any atom is 0.263 e. The molecule has 3 aromatic rings. The number of carbonyl (C=O) groups is 1. The molecule has 0 saturated heterocycles. The molecule has 10 heteroatoms. The minimum absolute atomic E-state index is 0.0142. The number of benzene rings is 2. The molecule has 1 amide bonds. The highest BCUT2D eigenvalue weighted by Gasteiger charge is 2.49. The average molecular weight is 539 g/mol. The first-order valence-electron chi connectivity index (χ1n) is 13.0. The summed E-state index contributed by atoms with van der Waals surface area (Å²) in [7, 11) is -4.15. The lowest BCUT2D eigenvalue weighted by Crippen LogP contribution is -2.40. The van der Waals surface area contributed by atoms with Crippen molar-refractivity contribution in [3.05, 3.63) is 65.7 Å². The zero-order chi connectivity index (χ0) is 26.9. The number of aromatic nitrogens is 1. The number of anilines is 1. The second kappa shape index (κ2) is 10.3. The van der Waals surface area contributed by atoms with Gasteiger partial charge >= 0.3 is 0 Å². The van der Waals surface area contributed by atoms with Crippen LogP contribution in [0.1, 0.15) is 63.2 Å². The third kappa shape index (κ3) is 4.84. The molecule has 1 saturated carbocycles. The minimum Gasteiger partial charge on any atom is -0.356 e. The summed E-state index contributed by atoms with van der Waals surface area (Å²) >= 11 is 0. The normalized spacial score (nSPS) is 16.9. The number of aryl methyl sites for hydroxylation is 1. The fourth-order valence-corrected chi connectivity index (χ4v) is 6.44. The van der Waals surface area contributed by atoms with Crippen molar-refractivity contribution in [1.82, 2.24) is 10.1 Å². The van der Waals surface area contributed by atoms with Gasteiger partial charge in [0.05, 0.1) is 11.4 Å². The van der Waals surface area contributed by atoms with Gasteiger partial charge in [0.1, 0.15) is 11.4 Å². The molecule has 1 aromatic heterocycles. The quantitative estimate of drug-likeness (QED) is 0.369. The molecule has 0 radical (unpaired) electrons. The van der Waals surface area contributed by atoms with Crippen LogP contribution in [0.3, 0.4) is 0 Å².